The smallest absolute Gasteiger partial charge is 0.239 e. The third kappa shape index (κ3) is 3.26. The summed E-state index contributed by atoms with van der Waals surface area (Å²) in [5.41, 5.74) is 1.70. The molecule has 2 aromatic rings. The molecule has 0 aliphatic rings. The average molecular weight is 275 g/mol. The molecule has 2 rings (SSSR count). The highest BCUT2D eigenvalue weighted by Crippen LogP contribution is 2.15. The Bertz CT molecular complexity index is 592. The molecule has 0 aliphatic heterocycles. The minimum absolute atomic E-state index is 0.0238. The lowest BCUT2D eigenvalue weighted by atomic mass is 10.3. The second kappa shape index (κ2) is 6.36. The number of hydrogen-bond donors (Lipinski definition) is 1. The molecule has 1 amide bonds. The summed E-state index contributed by atoms with van der Waals surface area (Å²) in [5.74, 6) is 0.888. The van der Waals surface area contributed by atoms with Gasteiger partial charge in [-0.25, -0.2) is 4.98 Å². The minimum Gasteiger partial charge on any atom is -0.355 e. The Morgan fingerprint density at radius 3 is 3.05 bits per heavy atom. The molecule has 1 N–H and O–H groups in total. The van der Waals surface area contributed by atoms with Crippen molar-refractivity contribution >= 4 is 17.4 Å². The molecular formula is C14H21N5O. The first-order valence-electron chi connectivity index (χ1n) is 6.91. The summed E-state index contributed by atoms with van der Waals surface area (Å²) < 4.78 is 1.74. The summed E-state index contributed by atoms with van der Waals surface area (Å²) in [4.78, 5) is 18.1. The largest absolute Gasteiger partial charge is 0.355 e. The Labute approximate surface area is 118 Å². The zero-order valence-corrected chi connectivity index (χ0v) is 12.3. The van der Waals surface area contributed by atoms with Gasteiger partial charge in [-0.15, -0.1) is 0 Å². The first-order chi connectivity index (χ1) is 9.61. The van der Waals surface area contributed by atoms with Crippen molar-refractivity contribution in [2.45, 2.75) is 26.7 Å². The van der Waals surface area contributed by atoms with E-state index in [9.17, 15) is 4.79 Å². The van der Waals surface area contributed by atoms with Gasteiger partial charge in [0.1, 0.15) is 5.82 Å². The van der Waals surface area contributed by atoms with E-state index in [1.54, 1.807) is 10.7 Å². The molecule has 0 saturated carbocycles. The third-order valence-electron chi connectivity index (χ3n) is 3.09. The van der Waals surface area contributed by atoms with Crippen molar-refractivity contribution in [2.75, 3.05) is 25.0 Å². The van der Waals surface area contributed by atoms with Crippen LogP contribution in [-0.4, -0.2) is 40.6 Å². The number of aromatic nitrogens is 3. The van der Waals surface area contributed by atoms with E-state index in [-0.39, 0.29) is 5.91 Å². The molecule has 108 valence electrons. The van der Waals surface area contributed by atoms with E-state index in [4.69, 9.17) is 0 Å². The van der Waals surface area contributed by atoms with Gasteiger partial charge in [0.25, 0.3) is 0 Å². The van der Waals surface area contributed by atoms with Gasteiger partial charge in [0.2, 0.25) is 5.91 Å². The zero-order valence-electron chi connectivity index (χ0n) is 12.3. The fraction of sp³-hybridized carbons (Fsp3) is 0.500. The molecule has 6 heteroatoms. The van der Waals surface area contributed by atoms with Gasteiger partial charge < -0.3 is 10.2 Å². The van der Waals surface area contributed by atoms with E-state index < -0.39 is 0 Å². The van der Waals surface area contributed by atoms with Crippen molar-refractivity contribution in [3.8, 4) is 0 Å². The van der Waals surface area contributed by atoms with Crippen LogP contribution in [0.4, 0.5) is 5.82 Å². The Hall–Kier alpha value is -2.11. The van der Waals surface area contributed by atoms with Crippen molar-refractivity contribution < 1.29 is 4.79 Å². The molecule has 0 atom stereocenters. The van der Waals surface area contributed by atoms with Crippen molar-refractivity contribution in [1.29, 1.82) is 0 Å². The van der Waals surface area contributed by atoms with Crippen LogP contribution in [0.3, 0.4) is 0 Å². The highest BCUT2D eigenvalue weighted by atomic mass is 16.2. The summed E-state index contributed by atoms with van der Waals surface area (Å²) in [7, 11) is 1.88. The number of carbonyl (C=O) groups excluding carboxylic acids is 1. The van der Waals surface area contributed by atoms with Crippen molar-refractivity contribution in [2.24, 2.45) is 0 Å². The molecule has 0 unspecified atom stereocenters. The van der Waals surface area contributed by atoms with Crippen molar-refractivity contribution in [3.63, 3.8) is 0 Å². The van der Waals surface area contributed by atoms with Crippen LogP contribution >= 0.6 is 0 Å². The predicted octanol–water partition coefficient (Wildman–Crippen LogP) is 1.39. The lowest BCUT2D eigenvalue weighted by Crippen LogP contribution is -2.36. The maximum absolute atomic E-state index is 11.9. The number of unbranched alkanes of at least 4 members (excludes halogenated alkanes) is 1. The first-order valence-corrected chi connectivity index (χ1v) is 6.91. The Balaban J connectivity index is 2.09. The summed E-state index contributed by atoms with van der Waals surface area (Å²) in [6.45, 7) is 5.08. The van der Waals surface area contributed by atoms with Gasteiger partial charge in [0.05, 0.1) is 12.7 Å². The number of carbonyl (C=O) groups is 1. The topological polar surface area (TPSA) is 62.5 Å². The van der Waals surface area contributed by atoms with Gasteiger partial charge in [-0.1, -0.05) is 13.3 Å². The number of amides is 1. The van der Waals surface area contributed by atoms with E-state index in [0.717, 1.165) is 36.5 Å². The van der Waals surface area contributed by atoms with Crippen LogP contribution in [0.2, 0.25) is 0 Å². The highest BCUT2D eigenvalue weighted by Gasteiger charge is 2.12. The van der Waals surface area contributed by atoms with Crippen LogP contribution in [-0.2, 0) is 4.79 Å². The summed E-state index contributed by atoms with van der Waals surface area (Å²) in [5, 5.41) is 7.16. The van der Waals surface area contributed by atoms with Crippen LogP contribution in [0, 0.1) is 6.92 Å². The number of likely N-dealkylation sites (N-methyl/N-ethyl adjacent to an activating group) is 1. The van der Waals surface area contributed by atoms with Crippen LogP contribution in [0.5, 0.6) is 0 Å². The minimum atomic E-state index is 0.0238. The van der Waals surface area contributed by atoms with E-state index in [0.29, 0.717) is 6.54 Å². The number of rotatable bonds is 6. The van der Waals surface area contributed by atoms with E-state index >= 15 is 0 Å². The standard InChI is InChI=1S/C14H21N5O/c1-4-5-7-15-13(20)10-18(3)14-9-11(2)17-12-6-8-16-19(12)14/h6,8-9H,4-5,7,10H2,1-3H3,(H,15,20). The monoisotopic (exact) mass is 275 g/mol. The number of nitrogens with zero attached hydrogens (tertiary/aromatic N) is 4. The number of hydrogen-bond acceptors (Lipinski definition) is 4. The van der Waals surface area contributed by atoms with Crippen LogP contribution < -0.4 is 10.2 Å². The maximum atomic E-state index is 11.9. The van der Waals surface area contributed by atoms with Gasteiger partial charge in [-0.2, -0.15) is 9.61 Å². The average Bonchev–Trinajstić information content (AvgIpc) is 2.85. The van der Waals surface area contributed by atoms with E-state index in [2.05, 4.69) is 22.3 Å². The Morgan fingerprint density at radius 1 is 1.50 bits per heavy atom. The molecule has 0 radical (unpaired) electrons. The molecule has 2 heterocycles. The molecule has 0 saturated heterocycles. The van der Waals surface area contributed by atoms with Gasteiger partial charge >= 0.3 is 0 Å². The maximum Gasteiger partial charge on any atom is 0.239 e. The molecule has 0 aliphatic carbocycles. The number of fused-ring (bicyclic) bond motifs is 1. The number of anilines is 1. The second-order valence-electron chi connectivity index (χ2n) is 4.92. The van der Waals surface area contributed by atoms with Gasteiger partial charge in [-0.3, -0.25) is 4.79 Å². The van der Waals surface area contributed by atoms with Crippen LogP contribution in [0.25, 0.3) is 5.65 Å². The lowest BCUT2D eigenvalue weighted by Gasteiger charge is -2.19. The molecule has 20 heavy (non-hydrogen) atoms. The molecule has 0 bridgehead atoms. The Morgan fingerprint density at radius 2 is 2.30 bits per heavy atom. The molecule has 0 aromatic carbocycles. The molecular weight excluding hydrogens is 254 g/mol. The third-order valence-corrected chi connectivity index (χ3v) is 3.09. The fourth-order valence-corrected chi connectivity index (χ4v) is 2.05. The van der Waals surface area contributed by atoms with Crippen LogP contribution in [0.1, 0.15) is 25.5 Å². The normalized spacial score (nSPS) is 10.8. The highest BCUT2D eigenvalue weighted by molar-refractivity contribution is 5.81. The van der Waals surface area contributed by atoms with Crippen molar-refractivity contribution in [1.82, 2.24) is 19.9 Å². The van der Waals surface area contributed by atoms with Gasteiger partial charge in [-0.05, 0) is 13.3 Å². The fourth-order valence-electron chi connectivity index (χ4n) is 2.05. The number of nitrogens with one attached hydrogen (secondary N) is 1. The second-order valence-corrected chi connectivity index (χ2v) is 4.92. The molecule has 6 nitrogen and oxygen atoms in total. The van der Waals surface area contributed by atoms with E-state index in [1.165, 1.54) is 0 Å². The van der Waals surface area contributed by atoms with Crippen LogP contribution in [0.15, 0.2) is 18.3 Å². The van der Waals surface area contributed by atoms with Gasteiger partial charge in [0.15, 0.2) is 5.65 Å². The molecule has 0 fully saturated rings. The summed E-state index contributed by atoms with van der Waals surface area (Å²) in [6.07, 6.45) is 3.79. The SMILES string of the molecule is CCCCNC(=O)CN(C)c1cc(C)nc2ccnn12. The number of aryl methyl sites for hydroxylation is 1. The summed E-state index contributed by atoms with van der Waals surface area (Å²) in [6, 6.07) is 3.78. The quantitative estimate of drug-likeness (QED) is 0.809. The zero-order chi connectivity index (χ0) is 14.5. The van der Waals surface area contributed by atoms with Gasteiger partial charge in [0, 0.05) is 31.4 Å². The Kier molecular flexibility index (Phi) is 4.55. The lowest BCUT2D eigenvalue weighted by molar-refractivity contribution is -0.119. The summed E-state index contributed by atoms with van der Waals surface area (Å²) >= 11 is 0. The van der Waals surface area contributed by atoms with Crippen molar-refractivity contribution in [3.05, 3.63) is 24.0 Å². The van der Waals surface area contributed by atoms with E-state index in [1.807, 2.05) is 31.0 Å². The molecule has 0 spiro atoms. The first kappa shape index (κ1) is 14.3. The molecule has 2 aromatic heterocycles. The predicted molar refractivity (Wildman–Crippen MR) is 78.9 cm³/mol.